The number of likely N-dealkylation sites (tertiary alicyclic amines) is 1. The van der Waals surface area contributed by atoms with Crippen LogP contribution in [0.4, 0.5) is 3.89 Å². The molecule has 0 N–H and O–H groups in total. The topological polar surface area (TPSA) is 67.3 Å². The van der Waals surface area contributed by atoms with E-state index in [4.69, 9.17) is 0 Å². The number of halogens is 1. The van der Waals surface area contributed by atoms with Crippen molar-refractivity contribution in [3.63, 3.8) is 0 Å². The van der Waals surface area contributed by atoms with Crippen molar-refractivity contribution in [1.82, 2.24) is 9.88 Å². The van der Waals surface area contributed by atoms with Crippen LogP contribution in [0, 0.1) is 5.92 Å². The average Bonchev–Trinajstić information content (AvgIpc) is 2.77. The Balaban J connectivity index is 1.79. The van der Waals surface area contributed by atoms with Gasteiger partial charge in [-0.15, -0.1) is 3.89 Å². The SMILES string of the molecule is O=C1CC(CS(=O)(=O)F)CN1Cc1nccc2ccccc12. The van der Waals surface area contributed by atoms with Crippen molar-refractivity contribution in [3.05, 3.63) is 42.2 Å². The Bertz CT molecular complexity index is 817. The molecule has 0 saturated carbocycles. The monoisotopic (exact) mass is 322 g/mol. The highest BCUT2D eigenvalue weighted by Crippen LogP contribution is 2.24. The molecule has 0 radical (unpaired) electrons. The maximum Gasteiger partial charge on any atom is 0.302 e. The predicted octanol–water partition coefficient (Wildman–Crippen LogP) is 1.88. The van der Waals surface area contributed by atoms with Crippen LogP contribution < -0.4 is 0 Å². The minimum atomic E-state index is -4.56. The van der Waals surface area contributed by atoms with Crippen LogP contribution in [0.1, 0.15) is 12.1 Å². The van der Waals surface area contributed by atoms with E-state index in [2.05, 4.69) is 4.98 Å². The number of benzene rings is 1. The molecule has 3 rings (SSSR count). The lowest BCUT2D eigenvalue weighted by Crippen LogP contribution is -2.26. The van der Waals surface area contributed by atoms with E-state index in [0.29, 0.717) is 6.54 Å². The number of amides is 1. The van der Waals surface area contributed by atoms with Gasteiger partial charge in [0.1, 0.15) is 0 Å². The summed E-state index contributed by atoms with van der Waals surface area (Å²) in [5, 5.41) is 1.99. The highest BCUT2D eigenvalue weighted by molar-refractivity contribution is 7.86. The van der Waals surface area contributed by atoms with Gasteiger partial charge in [-0.25, -0.2) is 0 Å². The molecule has 1 aromatic carbocycles. The number of nitrogens with zero attached hydrogens (tertiary/aromatic N) is 2. The second-order valence-electron chi connectivity index (χ2n) is 5.53. The third kappa shape index (κ3) is 3.24. The summed E-state index contributed by atoms with van der Waals surface area (Å²) < 4.78 is 34.2. The zero-order valence-corrected chi connectivity index (χ0v) is 12.6. The maximum atomic E-state index is 12.8. The van der Waals surface area contributed by atoms with Crippen molar-refractivity contribution >= 4 is 26.9 Å². The maximum absolute atomic E-state index is 12.8. The molecular weight excluding hydrogens is 307 g/mol. The number of rotatable bonds is 4. The first kappa shape index (κ1) is 14.9. The van der Waals surface area contributed by atoms with Crippen molar-refractivity contribution in [3.8, 4) is 0 Å². The number of carbonyl (C=O) groups is 1. The van der Waals surface area contributed by atoms with Gasteiger partial charge in [0, 0.05) is 30.5 Å². The third-order valence-electron chi connectivity index (χ3n) is 3.83. The third-order valence-corrected chi connectivity index (χ3v) is 4.70. The molecule has 22 heavy (non-hydrogen) atoms. The molecule has 1 amide bonds. The van der Waals surface area contributed by atoms with Crippen molar-refractivity contribution in [1.29, 1.82) is 0 Å². The minimum Gasteiger partial charge on any atom is -0.336 e. The highest BCUT2D eigenvalue weighted by Gasteiger charge is 2.33. The molecule has 0 spiro atoms. The van der Waals surface area contributed by atoms with E-state index in [1.54, 1.807) is 11.1 Å². The van der Waals surface area contributed by atoms with E-state index < -0.39 is 21.9 Å². The first-order valence-electron chi connectivity index (χ1n) is 6.95. The van der Waals surface area contributed by atoms with E-state index in [0.717, 1.165) is 16.5 Å². The number of carbonyl (C=O) groups excluding carboxylic acids is 1. The van der Waals surface area contributed by atoms with E-state index in [1.165, 1.54) is 0 Å². The van der Waals surface area contributed by atoms with Crippen LogP contribution in [0.5, 0.6) is 0 Å². The Hall–Kier alpha value is -2.02. The fourth-order valence-electron chi connectivity index (χ4n) is 2.89. The molecule has 1 aliphatic heterocycles. The van der Waals surface area contributed by atoms with Gasteiger partial charge in [-0.2, -0.15) is 8.42 Å². The summed E-state index contributed by atoms with van der Waals surface area (Å²) in [6.07, 6.45) is 1.75. The van der Waals surface area contributed by atoms with Gasteiger partial charge in [0.2, 0.25) is 5.91 Å². The van der Waals surface area contributed by atoms with Crippen LogP contribution in [-0.4, -0.2) is 36.5 Å². The summed E-state index contributed by atoms with van der Waals surface area (Å²) in [5.74, 6) is -1.25. The van der Waals surface area contributed by atoms with Crippen LogP contribution in [0.3, 0.4) is 0 Å². The number of pyridine rings is 1. The molecule has 2 heterocycles. The second-order valence-corrected chi connectivity index (χ2v) is 6.94. The quantitative estimate of drug-likeness (QED) is 0.806. The van der Waals surface area contributed by atoms with Gasteiger partial charge in [0.25, 0.3) is 0 Å². The van der Waals surface area contributed by atoms with Gasteiger partial charge in [-0.1, -0.05) is 24.3 Å². The van der Waals surface area contributed by atoms with E-state index in [1.807, 2.05) is 30.3 Å². The zero-order valence-electron chi connectivity index (χ0n) is 11.8. The van der Waals surface area contributed by atoms with Gasteiger partial charge in [0.15, 0.2) is 0 Å². The number of fused-ring (bicyclic) bond motifs is 1. The Morgan fingerprint density at radius 2 is 2.05 bits per heavy atom. The smallest absolute Gasteiger partial charge is 0.302 e. The summed E-state index contributed by atoms with van der Waals surface area (Å²) in [5.41, 5.74) is 0.759. The lowest BCUT2D eigenvalue weighted by molar-refractivity contribution is -0.128. The molecule has 1 aromatic heterocycles. The molecular formula is C15H15FN2O3S. The molecule has 1 unspecified atom stereocenters. The standard InChI is InChI=1S/C15H15FN2O3S/c16-22(20,21)10-11-7-15(19)18(8-11)9-14-13-4-2-1-3-12(13)5-6-17-14/h1-6,11H,7-10H2. The van der Waals surface area contributed by atoms with Crippen LogP contribution >= 0.6 is 0 Å². The largest absolute Gasteiger partial charge is 0.336 e. The lowest BCUT2D eigenvalue weighted by Gasteiger charge is -2.17. The van der Waals surface area contributed by atoms with Crippen LogP contribution in [0.25, 0.3) is 10.8 Å². The van der Waals surface area contributed by atoms with Crippen molar-refractivity contribution < 1.29 is 17.1 Å². The number of hydrogen-bond acceptors (Lipinski definition) is 4. The van der Waals surface area contributed by atoms with Crippen LogP contribution in [0.15, 0.2) is 36.5 Å². The van der Waals surface area contributed by atoms with Crippen LogP contribution in [0.2, 0.25) is 0 Å². The summed E-state index contributed by atoms with van der Waals surface area (Å²) in [4.78, 5) is 17.9. The Morgan fingerprint density at radius 3 is 2.82 bits per heavy atom. The normalized spacial score (nSPS) is 19.0. The number of hydrogen-bond donors (Lipinski definition) is 0. The molecule has 0 bridgehead atoms. The Morgan fingerprint density at radius 1 is 1.27 bits per heavy atom. The fourth-order valence-corrected chi connectivity index (χ4v) is 3.68. The zero-order chi connectivity index (χ0) is 15.7. The van der Waals surface area contributed by atoms with Gasteiger partial charge >= 0.3 is 10.2 Å². The molecule has 1 saturated heterocycles. The highest BCUT2D eigenvalue weighted by atomic mass is 32.3. The average molecular weight is 322 g/mol. The van der Waals surface area contributed by atoms with E-state index in [9.17, 15) is 17.1 Å². The van der Waals surface area contributed by atoms with Gasteiger partial charge in [0.05, 0.1) is 18.0 Å². The molecule has 116 valence electrons. The molecule has 7 heteroatoms. The van der Waals surface area contributed by atoms with E-state index in [-0.39, 0.29) is 18.9 Å². The van der Waals surface area contributed by atoms with Gasteiger partial charge < -0.3 is 4.90 Å². The predicted molar refractivity (Wildman–Crippen MR) is 80.2 cm³/mol. The Kier molecular flexibility index (Phi) is 3.82. The Labute approximate surface area is 128 Å². The summed E-state index contributed by atoms with van der Waals surface area (Å²) in [6.45, 7) is 0.551. The van der Waals surface area contributed by atoms with Gasteiger partial charge in [-0.3, -0.25) is 9.78 Å². The van der Waals surface area contributed by atoms with Crippen molar-refractivity contribution in [2.24, 2.45) is 5.92 Å². The summed E-state index contributed by atoms with van der Waals surface area (Å²) in [7, 11) is -4.56. The van der Waals surface area contributed by atoms with Crippen molar-refractivity contribution in [2.45, 2.75) is 13.0 Å². The molecule has 1 fully saturated rings. The van der Waals surface area contributed by atoms with Crippen molar-refractivity contribution in [2.75, 3.05) is 12.3 Å². The first-order chi connectivity index (χ1) is 10.4. The van der Waals surface area contributed by atoms with Gasteiger partial charge in [-0.05, 0) is 11.5 Å². The first-order valence-corrected chi connectivity index (χ1v) is 8.50. The van der Waals surface area contributed by atoms with Crippen LogP contribution in [-0.2, 0) is 21.6 Å². The minimum absolute atomic E-state index is 0.0634. The molecule has 5 nitrogen and oxygen atoms in total. The lowest BCUT2D eigenvalue weighted by atomic mass is 10.1. The molecule has 0 aliphatic carbocycles. The molecule has 2 aromatic rings. The second kappa shape index (κ2) is 5.64. The van der Waals surface area contributed by atoms with E-state index >= 15 is 0 Å². The molecule has 1 atom stereocenters. The number of aromatic nitrogens is 1. The molecule has 1 aliphatic rings. The summed E-state index contributed by atoms with van der Waals surface area (Å²) in [6, 6.07) is 9.61. The summed E-state index contributed by atoms with van der Waals surface area (Å²) >= 11 is 0. The fraction of sp³-hybridized carbons (Fsp3) is 0.333.